The zero-order valence-electron chi connectivity index (χ0n) is 17.7. The minimum atomic E-state index is -0.279. The maximum atomic E-state index is 12.4. The van der Waals surface area contributed by atoms with Crippen LogP contribution in [0.1, 0.15) is 11.3 Å². The maximum absolute atomic E-state index is 12.4. The summed E-state index contributed by atoms with van der Waals surface area (Å²) in [5.74, 6) is 0.820. The predicted molar refractivity (Wildman–Crippen MR) is 130 cm³/mol. The largest absolute Gasteiger partial charge is 0.457 e. The molecule has 5 aromatic rings. The number of hydrogen-bond donors (Lipinski definition) is 2. The fourth-order valence-corrected chi connectivity index (χ4v) is 4.60. The molecule has 2 heterocycles. The van der Waals surface area contributed by atoms with Crippen LogP contribution in [0.25, 0.3) is 31.8 Å². The highest BCUT2D eigenvalue weighted by Gasteiger charge is 2.12. The molecule has 3 aromatic carbocycles. The molecule has 0 aliphatic heterocycles. The zero-order chi connectivity index (χ0) is 22.6. The molecule has 164 valence electrons. The van der Waals surface area contributed by atoms with E-state index in [0.717, 1.165) is 31.6 Å². The zero-order valence-corrected chi connectivity index (χ0v) is 18.5. The van der Waals surface area contributed by atoms with E-state index < -0.39 is 0 Å². The van der Waals surface area contributed by atoms with E-state index in [4.69, 9.17) is 4.42 Å². The van der Waals surface area contributed by atoms with Crippen LogP contribution in [-0.4, -0.2) is 23.3 Å². The lowest BCUT2D eigenvalue weighted by Gasteiger charge is -2.08. The molecule has 5 rings (SSSR count). The van der Waals surface area contributed by atoms with Crippen LogP contribution in [0.15, 0.2) is 83.3 Å². The Morgan fingerprint density at radius 3 is 2.58 bits per heavy atom. The number of hydrogen-bond acceptors (Lipinski definition) is 5. The number of amides is 2. The summed E-state index contributed by atoms with van der Waals surface area (Å²) in [5, 5.41) is 8.39. The van der Waals surface area contributed by atoms with Crippen molar-refractivity contribution in [3.8, 4) is 10.8 Å². The van der Waals surface area contributed by atoms with Gasteiger partial charge in [-0.25, -0.2) is 4.98 Å². The van der Waals surface area contributed by atoms with E-state index in [-0.39, 0.29) is 31.3 Å². The average Bonchev–Trinajstić information content (AvgIpc) is 3.48. The minimum absolute atomic E-state index is 0.0883. The Labute approximate surface area is 194 Å². The van der Waals surface area contributed by atoms with Crippen LogP contribution in [0.2, 0.25) is 0 Å². The van der Waals surface area contributed by atoms with Gasteiger partial charge in [-0.05, 0) is 40.6 Å². The third-order valence-electron chi connectivity index (χ3n) is 5.30. The van der Waals surface area contributed by atoms with Crippen LogP contribution >= 0.6 is 11.3 Å². The Kier molecular flexibility index (Phi) is 5.87. The number of carbonyl (C=O) groups excluding carboxylic acids is 2. The smallest absolute Gasteiger partial charge is 0.239 e. The van der Waals surface area contributed by atoms with Gasteiger partial charge in [0, 0.05) is 0 Å². The van der Waals surface area contributed by atoms with Gasteiger partial charge in [-0.3, -0.25) is 9.59 Å². The van der Waals surface area contributed by atoms with Gasteiger partial charge in [0.1, 0.15) is 5.76 Å². The molecule has 2 amide bonds. The Hall–Kier alpha value is -3.97. The van der Waals surface area contributed by atoms with Crippen molar-refractivity contribution in [3.05, 3.63) is 90.2 Å². The number of nitrogens with zero attached hydrogens (tertiary/aromatic N) is 1. The topological polar surface area (TPSA) is 84.2 Å². The van der Waals surface area contributed by atoms with Crippen LogP contribution in [0.5, 0.6) is 0 Å². The summed E-state index contributed by atoms with van der Waals surface area (Å²) in [5.41, 5.74) is 1.87. The number of para-hydroxylation sites is 1. The highest BCUT2D eigenvalue weighted by atomic mass is 32.1. The van der Waals surface area contributed by atoms with Gasteiger partial charge < -0.3 is 15.1 Å². The molecule has 0 spiro atoms. The third kappa shape index (κ3) is 4.78. The number of nitrogens with one attached hydrogen (secondary N) is 2. The van der Waals surface area contributed by atoms with Gasteiger partial charge >= 0.3 is 0 Å². The van der Waals surface area contributed by atoms with Crippen molar-refractivity contribution in [2.45, 2.75) is 13.0 Å². The van der Waals surface area contributed by atoms with E-state index in [1.807, 2.05) is 78.9 Å². The fraction of sp³-hybridized carbons (Fsp3) is 0.115. The Morgan fingerprint density at radius 2 is 1.67 bits per heavy atom. The standard InChI is InChI=1S/C26H21N3O3S/c30-24(14-18-8-5-7-17-6-1-2-9-20(17)18)28-16-25(31)27-15-19-12-13-22(32-19)26-29-21-10-3-4-11-23(21)33-26/h1-13H,14-16H2,(H,27,31)(H,28,30). The van der Waals surface area contributed by atoms with E-state index in [9.17, 15) is 9.59 Å². The second-order valence-electron chi connectivity index (χ2n) is 7.62. The van der Waals surface area contributed by atoms with Gasteiger partial charge in [0.2, 0.25) is 11.8 Å². The number of thiazole rings is 1. The quantitative estimate of drug-likeness (QED) is 0.373. The Morgan fingerprint density at radius 1 is 0.848 bits per heavy atom. The molecule has 33 heavy (non-hydrogen) atoms. The maximum Gasteiger partial charge on any atom is 0.239 e. The second kappa shape index (κ2) is 9.26. The van der Waals surface area contributed by atoms with Gasteiger partial charge in [-0.15, -0.1) is 11.3 Å². The number of rotatable bonds is 7. The van der Waals surface area contributed by atoms with E-state index in [2.05, 4.69) is 15.6 Å². The number of carbonyl (C=O) groups is 2. The van der Waals surface area contributed by atoms with Gasteiger partial charge in [0.25, 0.3) is 0 Å². The molecule has 2 aromatic heterocycles. The summed E-state index contributed by atoms with van der Waals surface area (Å²) < 4.78 is 6.94. The van der Waals surface area contributed by atoms with Crippen molar-refractivity contribution in [1.82, 2.24) is 15.6 Å². The van der Waals surface area contributed by atoms with Gasteiger partial charge in [0.15, 0.2) is 10.8 Å². The van der Waals surface area contributed by atoms with E-state index >= 15 is 0 Å². The first-order valence-electron chi connectivity index (χ1n) is 10.6. The molecule has 2 N–H and O–H groups in total. The number of furan rings is 1. The molecule has 0 atom stereocenters. The first-order valence-corrected chi connectivity index (χ1v) is 11.4. The summed E-state index contributed by atoms with van der Waals surface area (Å²) in [6.07, 6.45) is 0.221. The summed E-state index contributed by atoms with van der Waals surface area (Å²) in [7, 11) is 0. The second-order valence-corrected chi connectivity index (χ2v) is 8.65. The molecular formula is C26H21N3O3S. The van der Waals surface area contributed by atoms with Gasteiger partial charge in [-0.1, -0.05) is 54.6 Å². The minimum Gasteiger partial charge on any atom is -0.457 e. The molecule has 7 heteroatoms. The van der Waals surface area contributed by atoms with Crippen LogP contribution in [0.4, 0.5) is 0 Å². The number of benzene rings is 3. The monoisotopic (exact) mass is 455 g/mol. The van der Waals surface area contributed by atoms with E-state index in [1.165, 1.54) is 0 Å². The summed E-state index contributed by atoms with van der Waals surface area (Å²) in [6, 6.07) is 25.4. The molecule has 0 radical (unpaired) electrons. The van der Waals surface area contributed by atoms with Crippen molar-refractivity contribution in [1.29, 1.82) is 0 Å². The molecule has 6 nitrogen and oxygen atoms in total. The van der Waals surface area contributed by atoms with E-state index in [1.54, 1.807) is 11.3 Å². The molecule has 0 unspecified atom stereocenters. The lowest BCUT2D eigenvalue weighted by Crippen LogP contribution is -2.37. The average molecular weight is 456 g/mol. The number of fused-ring (bicyclic) bond motifs is 2. The summed E-state index contributed by atoms with van der Waals surface area (Å²) in [6.45, 7) is 0.151. The summed E-state index contributed by atoms with van der Waals surface area (Å²) >= 11 is 1.56. The summed E-state index contributed by atoms with van der Waals surface area (Å²) in [4.78, 5) is 29.1. The first kappa shape index (κ1) is 20.9. The third-order valence-corrected chi connectivity index (χ3v) is 6.35. The lowest BCUT2D eigenvalue weighted by molar-refractivity contribution is -0.125. The SMILES string of the molecule is O=C(CNC(=O)Cc1cccc2ccccc12)NCc1ccc(-c2nc3ccccc3s2)o1. The van der Waals surface area contributed by atoms with Crippen molar-refractivity contribution in [2.75, 3.05) is 6.54 Å². The van der Waals surface area contributed by atoms with Crippen molar-refractivity contribution in [3.63, 3.8) is 0 Å². The molecular weight excluding hydrogens is 434 g/mol. The van der Waals surface area contributed by atoms with Gasteiger partial charge in [-0.2, -0.15) is 0 Å². The normalized spacial score (nSPS) is 11.0. The molecule has 0 fully saturated rings. The van der Waals surface area contributed by atoms with Crippen LogP contribution in [0.3, 0.4) is 0 Å². The highest BCUT2D eigenvalue weighted by Crippen LogP contribution is 2.31. The van der Waals surface area contributed by atoms with Crippen molar-refractivity contribution in [2.24, 2.45) is 0 Å². The highest BCUT2D eigenvalue weighted by molar-refractivity contribution is 7.21. The molecule has 0 aliphatic carbocycles. The van der Waals surface area contributed by atoms with Crippen molar-refractivity contribution >= 4 is 44.1 Å². The predicted octanol–water partition coefficient (Wildman–Crippen LogP) is 4.68. The Balaban J connectivity index is 1.12. The lowest BCUT2D eigenvalue weighted by atomic mass is 10.0. The molecule has 0 aliphatic rings. The van der Waals surface area contributed by atoms with Gasteiger partial charge in [0.05, 0.1) is 29.7 Å². The van der Waals surface area contributed by atoms with Crippen LogP contribution in [0, 0.1) is 0 Å². The molecule has 0 saturated carbocycles. The van der Waals surface area contributed by atoms with Crippen molar-refractivity contribution < 1.29 is 14.0 Å². The van der Waals surface area contributed by atoms with E-state index in [0.29, 0.717) is 11.5 Å². The molecule has 0 saturated heterocycles. The number of aromatic nitrogens is 1. The molecule has 0 bridgehead atoms. The Bertz CT molecular complexity index is 1420. The van der Waals surface area contributed by atoms with Crippen LogP contribution < -0.4 is 10.6 Å². The fourth-order valence-electron chi connectivity index (χ4n) is 3.67. The van der Waals surface area contributed by atoms with Crippen LogP contribution in [-0.2, 0) is 22.6 Å². The first-order chi connectivity index (χ1) is 16.2.